The van der Waals surface area contributed by atoms with E-state index >= 15 is 0 Å². The molecule has 1 aliphatic carbocycles. The number of halogens is 1. The fraction of sp³-hybridized carbons (Fsp3) is 0.231. The molecule has 0 radical (unpaired) electrons. The number of hydrogen-bond donors (Lipinski definition) is 1. The molecule has 1 aliphatic rings. The van der Waals surface area contributed by atoms with E-state index in [0.29, 0.717) is 15.9 Å². The lowest BCUT2D eigenvalue weighted by Gasteiger charge is -2.10. The Labute approximate surface area is 118 Å². The van der Waals surface area contributed by atoms with Gasteiger partial charge in [0, 0.05) is 18.4 Å². The fourth-order valence-corrected chi connectivity index (χ4v) is 2.31. The van der Waals surface area contributed by atoms with Gasteiger partial charge in [0.05, 0.1) is 10.2 Å². The molecule has 0 saturated heterocycles. The van der Waals surface area contributed by atoms with Gasteiger partial charge >= 0.3 is 5.56 Å². The number of hydrogen-bond acceptors (Lipinski definition) is 4. The summed E-state index contributed by atoms with van der Waals surface area (Å²) in [5, 5.41) is 0. The molecule has 0 aliphatic heterocycles. The van der Waals surface area contributed by atoms with Crippen LogP contribution < -0.4 is 16.0 Å². The van der Waals surface area contributed by atoms with Crippen LogP contribution in [0.2, 0.25) is 0 Å². The van der Waals surface area contributed by atoms with E-state index in [1.165, 1.54) is 0 Å². The highest BCUT2D eigenvalue weighted by Gasteiger charge is 2.26. The quantitative estimate of drug-likeness (QED) is 0.882. The second kappa shape index (κ2) is 4.70. The predicted molar refractivity (Wildman–Crippen MR) is 75.4 cm³/mol. The Morgan fingerprint density at radius 3 is 2.89 bits per heavy atom. The predicted octanol–water partition coefficient (Wildman–Crippen LogP) is 2.72. The van der Waals surface area contributed by atoms with Crippen LogP contribution >= 0.6 is 15.9 Å². The molecule has 5 nitrogen and oxygen atoms in total. The van der Waals surface area contributed by atoms with Crippen molar-refractivity contribution in [2.24, 2.45) is 0 Å². The van der Waals surface area contributed by atoms with Gasteiger partial charge in [-0.1, -0.05) is 6.07 Å². The average Bonchev–Trinajstić information content (AvgIpc) is 3.20. The van der Waals surface area contributed by atoms with Crippen molar-refractivity contribution in [2.45, 2.75) is 18.9 Å². The summed E-state index contributed by atoms with van der Waals surface area (Å²) >= 11 is 3.35. The maximum Gasteiger partial charge on any atom is 0.313 e. The topological polar surface area (TPSA) is 70.1 Å². The molecule has 2 aromatic rings. The van der Waals surface area contributed by atoms with Gasteiger partial charge in [-0.15, -0.1) is 0 Å². The molecule has 1 aromatic carbocycles. The first-order valence-electron chi connectivity index (χ1n) is 5.96. The summed E-state index contributed by atoms with van der Waals surface area (Å²) in [5.74, 6) is 0.466. The lowest BCUT2D eigenvalue weighted by Crippen LogP contribution is -2.20. The summed E-state index contributed by atoms with van der Waals surface area (Å²) in [6, 6.07) is 5.60. The molecule has 19 heavy (non-hydrogen) atoms. The SMILES string of the molecule is Nc1cccc(Br)c1Oc1nccn(C2CC2)c1=O. The maximum atomic E-state index is 12.2. The van der Waals surface area contributed by atoms with Crippen LogP contribution in [0.1, 0.15) is 18.9 Å². The van der Waals surface area contributed by atoms with Crippen molar-refractivity contribution in [2.75, 3.05) is 5.73 Å². The molecule has 2 N–H and O–H groups in total. The fourth-order valence-electron chi connectivity index (χ4n) is 1.85. The first kappa shape index (κ1) is 12.2. The van der Waals surface area contributed by atoms with Crippen LogP contribution in [0, 0.1) is 0 Å². The molecule has 0 spiro atoms. The van der Waals surface area contributed by atoms with E-state index in [9.17, 15) is 4.79 Å². The van der Waals surface area contributed by atoms with Crippen LogP contribution in [0.3, 0.4) is 0 Å². The number of ether oxygens (including phenoxy) is 1. The summed E-state index contributed by atoms with van der Waals surface area (Å²) in [5.41, 5.74) is 6.07. The van der Waals surface area contributed by atoms with Crippen molar-refractivity contribution in [1.29, 1.82) is 0 Å². The summed E-state index contributed by atoms with van der Waals surface area (Å²) < 4.78 is 7.93. The Morgan fingerprint density at radius 1 is 1.42 bits per heavy atom. The smallest absolute Gasteiger partial charge is 0.313 e. The van der Waals surface area contributed by atoms with Gasteiger partial charge in [-0.05, 0) is 40.9 Å². The van der Waals surface area contributed by atoms with E-state index in [1.54, 1.807) is 35.2 Å². The Kier molecular flexibility index (Phi) is 3.02. The Bertz CT molecular complexity index is 660. The first-order valence-corrected chi connectivity index (χ1v) is 6.75. The average molecular weight is 322 g/mol. The summed E-state index contributed by atoms with van der Waals surface area (Å²) in [6.45, 7) is 0. The van der Waals surface area contributed by atoms with Crippen LogP contribution in [0.5, 0.6) is 11.6 Å². The molecule has 0 atom stereocenters. The molecule has 1 fully saturated rings. The van der Waals surface area contributed by atoms with Crippen LogP contribution in [0.4, 0.5) is 5.69 Å². The van der Waals surface area contributed by atoms with Crippen molar-refractivity contribution in [3.63, 3.8) is 0 Å². The molecule has 6 heteroatoms. The summed E-state index contributed by atoms with van der Waals surface area (Å²) in [4.78, 5) is 16.2. The normalized spacial score (nSPS) is 14.4. The number of nitrogen functional groups attached to an aromatic ring is 1. The number of nitrogens with zero attached hydrogens (tertiary/aromatic N) is 2. The van der Waals surface area contributed by atoms with Gasteiger partial charge in [0.1, 0.15) is 0 Å². The van der Waals surface area contributed by atoms with Crippen molar-refractivity contribution >= 4 is 21.6 Å². The van der Waals surface area contributed by atoms with Crippen LogP contribution in [0.15, 0.2) is 39.9 Å². The van der Waals surface area contributed by atoms with Crippen molar-refractivity contribution in [1.82, 2.24) is 9.55 Å². The van der Waals surface area contributed by atoms with Crippen LogP contribution in [-0.2, 0) is 0 Å². The highest BCUT2D eigenvalue weighted by atomic mass is 79.9. The number of anilines is 1. The lowest BCUT2D eigenvalue weighted by molar-refractivity contribution is 0.444. The molecule has 1 heterocycles. The zero-order valence-electron chi connectivity index (χ0n) is 10.0. The molecular weight excluding hydrogens is 310 g/mol. The Hall–Kier alpha value is -1.82. The number of para-hydroxylation sites is 1. The van der Waals surface area contributed by atoms with E-state index in [2.05, 4.69) is 20.9 Å². The third kappa shape index (κ3) is 2.35. The number of nitrogens with two attached hydrogens (primary N) is 1. The van der Waals surface area contributed by atoms with Gasteiger partial charge in [-0.25, -0.2) is 4.98 Å². The number of benzene rings is 1. The van der Waals surface area contributed by atoms with Crippen LogP contribution in [0.25, 0.3) is 0 Å². The highest BCUT2D eigenvalue weighted by molar-refractivity contribution is 9.10. The molecule has 3 rings (SSSR count). The highest BCUT2D eigenvalue weighted by Crippen LogP contribution is 2.35. The molecule has 0 bridgehead atoms. The Morgan fingerprint density at radius 2 is 2.21 bits per heavy atom. The molecular formula is C13H12BrN3O2. The summed E-state index contributed by atoms with van der Waals surface area (Å²) in [6.07, 6.45) is 5.32. The van der Waals surface area contributed by atoms with E-state index in [4.69, 9.17) is 10.5 Å². The standard InChI is InChI=1S/C13H12BrN3O2/c14-9-2-1-3-10(15)11(9)19-12-13(18)17(7-6-16-12)8-4-5-8/h1-3,6-8H,4-5,15H2. The van der Waals surface area contributed by atoms with Gasteiger partial charge in [0.25, 0.3) is 5.88 Å². The Balaban J connectivity index is 2.00. The minimum absolute atomic E-state index is 0.0491. The largest absolute Gasteiger partial charge is 0.431 e. The van der Waals surface area contributed by atoms with Crippen molar-refractivity contribution in [3.05, 3.63) is 45.4 Å². The summed E-state index contributed by atoms with van der Waals surface area (Å²) in [7, 11) is 0. The maximum absolute atomic E-state index is 12.2. The minimum Gasteiger partial charge on any atom is -0.431 e. The zero-order chi connectivity index (χ0) is 13.4. The van der Waals surface area contributed by atoms with Crippen LogP contribution in [-0.4, -0.2) is 9.55 Å². The van der Waals surface area contributed by atoms with E-state index < -0.39 is 0 Å². The van der Waals surface area contributed by atoms with E-state index in [0.717, 1.165) is 12.8 Å². The third-order valence-corrected chi connectivity index (χ3v) is 3.60. The van der Waals surface area contributed by atoms with Gasteiger partial charge in [-0.3, -0.25) is 4.79 Å². The van der Waals surface area contributed by atoms with Gasteiger partial charge < -0.3 is 15.0 Å². The van der Waals surface area contributed by atoms with Gasteiger partial charge in [0.2, 0.25) is 0 Å². The third-order valence-electron chi connectivity index (χ3n) is 2.97. The first-order chi connectivity index (χ1) is 9.16. The number of rotatable bonds is 3. The second-order valence-electron chi connectivity index (χ2n) is 4.44. The zero-order valence-corrected chi connectivity index (χ0v) is 11.6. The molecule has 98 valence electrons. The van der Waals surface area contributed by atoms with E-state index in [-0.39, 0.29) is 17.5 Å². The van der Waals surface area contributed by atoms with Crippen molar-refractivity contribution in [3.8, 4) is 11.6 Å². The van der Waals surface area contributed by atoms with Crippen molar-refractivity contribution < 1.29 is 4.74 Å². The number of aromatic nitrogens is 2. The van der Waals surface area contributed by atoms with Gasteiger partial charge in [0.15, 0.2) is 5.75 Å². The lowest BCUT2D eigenvalue weighted by atomic mass is 10.3. The molecule has 1 aromatic heterocycles. The van der Waals surface area contributed by atoms with E-state index in [1.807, 2.05) is 0 Å². The molecule has 0 unspecified atom stereocenters. The second-order valence-corrected chi connectivity index (χ2v) is 5.29. The molecule has 1 saturated carbocycles. The van der Waals surface area contributed by atoms with Gasteiger partial charge in [-0.2, -0.15) is 0 Å². The minimum atomic E-state index is -0.222. The monoisotopic (exact) mass is 321 g/mol. The molecule has 0 amide bonds.